The van der Waals surface area contributed by atoms with Gasteiger partial charge in [-0.2, -0.15) is 5.26 Å². The number of aromatic nitrogens is 1. The zero-order valence-corrected chi connectivity index (χ0v) is 16.2. The molecule has 2 aromatic carbocycles. The van der Waals surface area contributed by atoms with Gasteiger partial charge in [-0.05, 0) is 55.7 Å². The molecule has 0 aliphatic rings. The Morgan fingerprint density at radius 2 is 1.69 bits per heavy atom. The van der Waals surface area contributed by atoms with E-state index in [1.807, 2.05) is 39.0 Å². The minimum Gasteiger partial charge on any atom is -0.383 e. The van der Waals surface area contributed by atoms with E-state index in [1.165, 1.54) is 0 Å². The van der Waals surface area contributed by atoms with Crippen LogP contribution in [0.4, 0.5) is 5.82 Å². The Morgan fingerprint density at radius 1 is 1.00 bits per heavy atom. The third-order valence-corrected chi connectivity index (χ3v) is 4.97. The molecule has 0 aliphatic heterocycles. The van der Waals surface area contributed by atoms with Crippen molar-refractivity contribution < 1.29 is 0 Å². The summed E-state index contributed by atoms with van der Waals surface area (Å²) in [5.74, 6) is 0.189. The first-order chi connectivity index (χ1) is 12.3. The number of pyridine rings is 1. The SMILES string of the molecule is Cc1ccc(-c2c(C)c(-c3ccc(Cl)cc3Cl)nc(N)c2C#N)c(C)c1. The summed E-state index contributed by atoms with van der Waals surface area (Å²) in [5.41, 5.74) is 12.7. The van der Waals surface area contributed by atoms with Crippen LogP contribution in [0.2, 0.25) is 10.0 Å². The fourth-order valence-corrected chi connectivity index (χ4v) is 3.68. The first-order valence-electron chi connectivity index (χ1n) is 8.06. The molecule has 0 aliphatic carbocycles. The standard InChI is InChI=1S/C21H17Cl2N3/c1-11-4-6-15(12(2)8-11)19-13(3)20(26-21(25)17(19)10-24)16-7-5-14(22)9-18(16)23/h4-9H,1-3H3,(H2,25,26). The van der Waals surface area contributed by atoms with E-state index in [4.69, 9.17) is 28.9 Å². The average Bonchev–Trinajstić information content (AvgIpc) is 2.57. The predicted octanol–water partition coefficient (Wildman–Crippen LogP) is 6.10. The summed E-state index contributed by atoms with van der Waals surface area (Å²) < 4.78 is 0. The van der Waals surface area contributed by atoms with Crippen LogP contribution in [0.15, 0.2) is 36.4 Å². The Labute approximate surface area is 163 Å². The monoisotopic (exact) mass is 381 g/mol. The second-order valence-electron chi connectivity index (χ2n) is 6.27. The van der Waals surface area contributed by atoms with E-state index in [1.54, 1.807) is 12.1 Å². The molecule has 130 valence electrons. The molecule has 1 aromatic heterocycles. The number of hydrogen-bond acceptors (Lipinski definition) is 3. The summed E-state index contributed by atoms with van der Waals surface area (Å²) in [6.07, 6.45) is 0. The fraction of sp³-hybridized carbons (Fsp3) is 0.143. The second-order valence-corrected chi connectivity index (χ2v) is 7.12. The molecule has 0 atom stereocenters. The first kappa shape index (κ1) is 18.3. The quantitative estimate of drug-likeness (QED) is 0.582. The van der Waals surface area contributed by atoms with Gasteiger partial charge in [0.2, 0.25) is 0 Å². The van der Waals surface area contributed by atoms with Crippen molar-refractivity contribution >= 4 is 29.0 Å². The second kappa shape index (κ2) is 6.99. The Balaban J connectivity index is 2.37. The van der Waals surface area contributed by atoms with Crippen molar-refractivity contribution in [2.24, 2.45) is 0 Å². The minimum absolute atomic E-state index is 0.189. The van der Waals surface area contributed by atoms with Crippen LogP contribution in [0.1, 0.15) is 22.3 Å². The lowest BCUT2D eigenvalue weighted by Gasteiger charge is -2.17. The molecule has 0 fully saturated rings. The van der Waals surface area contributed by atoms with Gasteiger partial charge in [0, 0.05) is 16.1 Å². The number of nitriles is 1. The van der Waals surface area contributed by atoms with Gasteiger partial charge in [-0.1, -0.05) is 47.0 Å². The van der Waals surface area contributed by atoms with Gasteiger partial charge in [-0.15, -0.1) is 0 Å². The number of nitrogens with zero attached hydrogens (tertiary/aromatic N) is 2. The summed E-state index contributed by atoms with van der Waals surface area (Å²) in [6, 6.07) is 13.6. The Kier molecular flexibility index (Phi) is 4.91. The van der Waals surface area contributed by atoms with E-state index < -0.39 is 0 Å². The van der Waals surface area contributed by atoms with Crippen molar-refractivity contribution in [3.05, 3.63) is 68.7 Å². The van der Waals surface area contributed by atoms with Crippen LogP contribution in [-0.2, 0) is 0 Å². The molecule has 0 saturated carbocycles. The highest BCUT2D eigenvalue weighted by molar-refractivity contribution is 6.36. The normalized spacial score (nSPS) is 10.6. The van der Waals surface area contributed by atoms with E-state index in [-0.39, 0.29) is 5.82 Å². The topological polar surface area (TPSA) is 62.7 Å². The summed E-state index contributed by atoms with van der Waals surface area (Å²) in [5, 5.41) is 10.7. The van der Waals surface area contributed by atoms with Gasteiger partial charge in [0.15, 0.2) is 0 Å². The van der Waals surface area contributed by atoms with E-state index in [0.29, 0.717) is 21.3 Å². The predicted molar refractivity (Wildman–Crippen MR) is 108 cm³/mol. The molecule has 2 N–H and O–H groups in total. The molecule has 26 heavy (non-hydrogen) atoms. The minimum atomic E-state index is 0.189. The van der Waals surface area contributed by atoms with E-state index in [0.717, 1.165) is 33.4 Å². The highest BCUT2D eigenvalue weighted by Crippen LogP contribution is 2.39. The van der Waals surface area contributed by atoms with Crippen molar-refractivity contribution in [2.75, 3.05) is 5.73 Å². The van der Waals surface area contributed by atoms with E-state index in [9.17, 15) is 5.26 Å². The molecule has 5 heteroatoms. The third-order valence-electron chi connectivity index (χ3n) is 4.42. The van der Waals surface area contributed by atoms with Gasteiger partial charge in [-0.3, -0.25) is 0 Å². The lowest BCUT2D eigenvalue weighted by molar-refractivity contribution is 1.25. The molecule has 0 amide bonds. The summed E-state index contributed by atoms with van der Waals surface area (Å²) in [7, 11) is 0. The van der Waals surface area contributed by atoms with Crippen molar-refractivity contribution in [3.63, 3.8) is 0 Å². The zero-order valence-electron chi connectivity index (χ0n) is 14.7. The van der Waals surface area contributed by atoms with Crippen LogP contribution in [0.3, 0.4) is 0 Å². The van der Waals surface area contributed by atoms with Gasteiger partial charge in [0.25, 0.3) is 0 Å². The highest BCUT2D eigenvalue weighted by Gasteiger charge is 2.20. The van der Waals surface area contributed by atoms with Crippen molar-refractivity contribution in [2.45, 2.75) is 20.8 Å². The molecular weight excluding hydrogens is 365 g/mol. The van der Waals surface area contributed by atoms with Crippen LogP contribution < -0.4 is 5.73 Å². The maximum absolute atomic E-state index is 9.67. The van der Waals surface area contributed by atoms with Gasteiger partial charge in [0.1, 0.15) is 17.5 Å². The Hall–Kier alpha value is -2.54. The van der Waals surface area contributed by atoms with Crippen LogP contribution in [0.25, 0.3) is 22.4 Å². The number of nitrogen functional groups attached to an aromatic ring is 1. The zero-order chi connectivity index (χ0) is 19.0. The van der Waals surface area contributed by atoms with E-state index in [2.05, 4.69) is 17.1 Å². The Morgan fingerprint density at radius 3 is 2.31 bits per heavy atom. The number of anilines is 1. The molecular formula is C21H17Cl2N3. The van der Waals surface area contributed by atoms with Gasteiger partial charge >= 0.3 is 0 Å². The lowest BCUT2D eigenvalue weighted by atomic mass is 9.90. The number of hydrogen-bond donors (Lipinski definition) is 1. The first-order valence-corrected chi connectivity index (χ1v) is 8.82. The smallest absolute Gasteiger partial charge is 0.142 e. The molecule has 3 nitrogen and oxygen atoms in total. The molecule has 0 spiro atoms. The molecule has 1 heterocycles. The molecule has 0 saturated heterocycles. The molecule has 0 unspecified atom stereocenters. The van der Waals surface area contributed by atoms with Crippen LogP contribution in [0.5, 0.6) is 0 Å². The maximum Gasteiger partial charge on any atom is 0.142 e. The molecule has 0 radical (unpaired) electrons. The average molecular weight is 382 g/mol. The number of benzene rings is 2. The molecule has 0 bridgehead atoms. The van der Waals surface area contributed by atoms with E-state index >= 15 is 0 Å². The number of nitrogens with two attached hydrogens (primary N) is 1. The maximum atomic E-state index is 9.67. The number of rotatable bonds is 2. The lowest BCUT2D eigenvalue weighted by Crippen LogP contribution is -2.04. The Bertz CT molecular complexity index is 1070. The summed E-state index contributed by atoms with van der Waals surface area (Å²) >= 11 is 12.4. The third kappa shape index (κ3) is 3.14. The number of aryl methyl sites for hydroxylation is 2. The molecule has 3 rings (SSSR count). The fourth-order valence-electron chi connectivity index (χ4n) is 3.18. The van der Waals surface area contributed by atoms with Crippen LogP contribution in [-0.4, -0.2) is 4.98 Å². The van der Waals surface area contributed by atoms with Gasteiger partial charge < -0.3 is 5.73 Å². The van der Waals surface area contributed by atoms with Gasteiger partial charge in [-0.25, -0.2) is 4.98 Å². The van der Waals surface area contributed by atoms with Crippen LogP contribution >= 0.6 is 23.2 Å². The summed E-state index contributed by atoms with van der Waals surface area (Å²) in [4.78, 5) is 4.47. The molecule has 3 aromatic rings. The van der Waals surface area contributed by atoms with Crippen molar-refractivity contribution in [1.29, 1.82) is 5.26 Å². The van der Waals surface area contributed by atoms with Gasteiger partial charge in [0.05, 0.1) is 10.7 Å². The largest absolute Gasteiger partial charge is 0.383 e. The highest BCUT2D eigenvalue weighted by atomic mass is 35.5. The van der Waals surface area contributed by atoms with Crippen molar-refractivity contribution in [3.8, 4) is 28.5 Å². The van der Waals surface area contributed by atoms with Crippen LogP contribution in [0, 0.1) is 32.1 Å². The summed E-state index contributed by atoms with van der Waals surface area (Å²) in [6.45, 7) is 5.99. The number of halogens is 2. The van der Waals surface area contributed by atoms with Crippen molar-refractivity contribution in [1.82, 2.24) is 4.98 Å².